The Morgan fingerprint density at radius 2 is 1.62 bits per heavy atom. The Morgan fingerprint density at radius 3 is 2.21 bits per heavy atom. The molecule has 1 N–H and O–H groups in total. The number of amides is 3. The van der Waals surface area contributed by atoms with Gasteiger partial charge >= 0.3 is 12.2 Å². The maximum Gasteiger partial charge on any atom is 0.416 e. The first kappa shape index (κ1) is 24.9. The van der Waals surface area contributed by atoms with E-state index < -0.39 is 17.8 Å². The highest BCUT2D eigenvalue weighted by molar-refractivity contribution is 5.92. The van der Waals surface area contributed by atoms with E-state index in [1.54, 1.807) is 17.0 Å². The first-order valence-electron chi connectivity index (χ1n) is 10.8. The summed E-state index contributed by atoms with van der Waals surface area (Å²) in [7, 11) is 0. The van der Waals surface area contributed by atoms with Gasteiger partial charge in [-0.25, -0.2) is 4.79 Å². The predicted molar refractivity (Wildman–Crippen MR) is 122 cm³/mol. The number of carbonyl (C=O) groups is 2. The van der Waals surface area contributed by atoms with Gasteiger partial charge < -0.3 is 19.5 Å². The summed E-state index contributed by atoms with van der Waals surface area (Å²) in [5, 5.41) is 2.58. The first-order valence-corrected chi connectivity index (χ1v) is 10.8. The van der Waals surface area contributed by atoms with Gasteiger partial charge in [0.25, 0.3) is 0 Å². The van der Waals surface area contributed by atoms with E-state index in [1.165, 1.54) is 23.3 Å². The molecule has 0 aliphatic heterocycles. The summed E-state index contributed by atoms with van der Waals surface area (Å²) in [6, 6.07) is 16.6. The van der Waals surface area contributed by atoms with Gasteiger partial charge in [-0.1, -0.05) is 37.3 Å². The van der Waals surface area contributed by atoms with Crippen LogP contribution in [-0.2, 0) is 24.1 Å². The molecule has 0 bridgehead atoms. The number of benzene rings is 2. The molecule has 180 valence electrons. The Labute approximate surface area is 196 Å². The van der Waals surface area contributed by atoms with Crippen molar-refractivity contribution in [3.05, 3.63) is 89.9 Å². The average Bonchev–Trinajstić information content (AvgIpc) is 3.32. The molecule has 1 heterocycles. The summed E-state index contributed by atoms with van der Waals surface area (Å²) in [5.41, 5.74) is 0.336. The van der Waals surface area contributed by atoms with Crippen molar-refractivity contribution in [2.45, 2.75) is 32.6 Å². The molecule has 0 spiro atoms. The second kappa shape index (κ2) is 11.4. The molecule has 0 aliphatic carbocycles. The zero-order valence-corrected chi connectivity index (χ0v) is 18.7. The quantitative estimate of drug-likeness (QED) is 0.429. The predicted octanol–water partition coefficient (Wildman–Crippen LogP) is 5.77. The van der Waals surface area contributed by atoms with Gasteiger partial charge in [-0.3, -0.25) is 4.79 Å². The number of anilines is 1. The number of hydrogen-bond donors (Lipinski definition) is 1. The number of hydrogen-bond acceptors (Lipinski definition) is 3. The van der Waals surface area contributed by atoms with Gasteiger partial charge in [0.05, 0.1) is 18.4 Å². The molecule has 0 saturated carbocycles. The van der Waals surface area contributed by atoms with Crippen molar-refractivity contribution in [3.63, 3.8) is 0 Å². The highest BCUT2D eigenvalue weighted by atomic mass is 19.4. The van der Waals surface area contributed by atoms with E-state index in [0.717, 1.165) is 17.7 Å². The van der Waals surface area contributed by atoms with Gasteiger partial charge in [0.2, 0.25) is 5.91 Å². The highest BCUT2D eigenvalue weighted by Crippen LogP contribution is 2.29. The largest absolute Gasteiger partial charge is 0.467 e. The van der Waals surface area contributed by atoms with Crippen LogP contribution < -0.4 is 5.32 Å². The van der Waals surface area contributed by atoms with Crippen molar-refractivity contribution in [3.8, 4) is 0 Å². The summed E-state index contributed by atoms with van der Waals surface area (Å²) >= 11 is 0. The number of furan rings is 1. The van der Waals surface area contributed by atoms with Crippen molar-refractivity contribution in [2.75, 3.05) is 18.4 Å². The van der Waals surface area contributed by atoms with Crippen LogP contribution in [0.15, 0.2) is 77.4 Å². The Hall–Kier alpha value is -3.75. The fourth-order valence-electron chi connectivity index (χ4n) is 3.36. The third kappa shape index (κ3) is 7.13. The Morgan fingerprint density at radius 1 is 0.912 bits per heavy atom. The monoisotopic (exact) mass is 473 g/mol. The van der Waals surface area contributed by atoms with Gasteiger partial charge in [0.1, 0.15) is 12.3 Å². The van der Waals surface area contributed by atoms with Gasteiger partial charge in [-0.15, -0.1) is 0 Å². The Balaban J connectivity index is 1.70. The standard InChI is InChI=1S/C25H26F3N3O3/c1-2-14-30(24(33)29-21-12-10-20(11-13-21)25(26,27)28)18-23(32)31(17-22-9-6-15-34-22)16-19-7-4-3-5-8-19/h3-13,15H,2,14,16-18H2,1H3,(H,29,33). The van der Waals surface area contributed by atoms with E-state index in [2.05, 4.69) is 5.32 Å². The molecule has 0 unspecified atom stereocenters. The van der Waals surface area contributed by atoms with E-state index in [4.69, 9.17) is 4.42 Å². The highest BCUT2D eigenvalue weighted by Gasteiger charge is 2.30. The van der Waals surface area contributed by atoms with Gasteiger partial charge in [0, 0.05) is 18.8 Å². The van der Waals surface area contributed by atoms with Crippen LogP contribution >= 0.6 is 0 Å². The number of nitrogens with zero attached hydrogens (tertiary/aromatic N) is 2. The number of urea groups is 1. The van der Waals surface area contributed by atoms with Crippen molar-refractivity contribution < 1.29 is 27.2 Å². The lowest BCUT2D eigenvalue weighted by molar-refractivity contribution is -0.137. The second-order valence-corrected chi connectivity index (χ2v) is 7.74. The smallest absolute Gasteiger partial charge is 0.416 e. The fraction of sp³-hybridized carbons (Fsp3) is 0.280. The van der Waals surface area contributed by atoms with E-state index >= 15 is 0 Å². The molecule has 3 amide bonds. The maximum atomic E-state index is 13.2. The van der Waals surface area contributed by atoms with E-state index in [0.29, 0.717) is 25.3 Å². The lowest BCUT2D eigenvalue weighted by Crippen LogP contribution is -2.44. The van der Waals surface area contributed by atoms with Crippen LogP contribution in [0.1, 0.15) is 30.2 Å². The molecule has 2 aromatic carbocycles. The van der Waals surface area contributed by atoms with Crippen molar-refractivity contribution in [2.24, 2.45) is 0 Å². The SMILES string of the molecule is CCCN(CC(=O)N(Cc1ccccc1)Cc1ccco1)C(=O)Nc1ccc(C(F)(F)F)cc1. The minimum absolute atomic E-state index is 0.187. The van der Waals surface area contributed by atoms with E-state index in [1.807, 2.05) is 37.3 Å². The van der Waals surface area contributed by atoms with Crippen LogP contribution in [0, 0.1) is 0 Å². The average molecular weight is 473 g/mol. The van der Waals surface area contributed by atoms with Crippen LogP contribution in [0.25, 0.3) is 0 Å². The number of alkyl halides is 3. The molecular formula is C25H26F3N3O3. The third-order valence-electron chi connectivity index (χ3n) is 5.07. The second-order valence-electron chi connectivity index (χ2n) is 7.74. The molecule has 34 heavy (non-hydrogen) atoms. The number of halogens is 3. The Bertz CT molecular complexity index is 1050. The Kier molecular flexibility index (Phi) is 8.34. The van der Waals surface area contributed by atoms with Gasteiger partial charge in [0.15, 0.2) is 0 Å². The molecule has 0 saturated heterocycles. The lowest BCUT2D eigenvalue weighted by atomic mass is 10.2. The number of carbonyl (C=O) groups excluding carboxylic acids is 2. The summed E-state index contributed by atoms with van der Waals surface area (Å²) in [5.74, 6) is 0.330. The summed E-state index contributed by atoms with van der Waals surface area (Å²) < 4.78 is 43.7. The minimum Gasteiger partial charge on any atom is -0.467 e. The van der Waals surface area contributed by atoms with Crippen LogP contribution in [0.4, 0.5) is 23.7 Å². The van der Waals surface area contributed by atoms with Crippen molar-refractivity contribution in [1.82, 2.24) is 9.80 Å². The van der Waals surface area contributed by atoms with Crippen LogP contribution in [-0.4, -0.2) is 34.8 Å². The normalized spacial score (nSPS) is 11.2. The lowest BCUT2D eigenvalue weighted by Gasteiger charge is -2.27. The van der Waals surface area contributed by atoms with Crippen molar-refractivity contribution >= 4 is 17.6 Å². The zero-order valence-electron chi connectivity index (χ0n) is 18.7. The molecule has 9 heteroatoms. The number of rotatable bonds is 9. The van der Waals surface area contributed by atoms with E-state index in [9.17, 15) is 22.8 Å². The topological polar surface area (TPSA) is 65.8 Å². The molecule has 0 radical (unpaired) electrons. The van der Waals surface area contributed by atoms with Crippen LogP contribution in [0.2, 0.25) is 0 Å². The van der Waals surface area contributed by atoms with Gasteiger partial charge in [-0.2, -0.15) is 13.2 Å². The molecular weight excluding hydrogens is 447 g/mol. The molecule has 0 aliphatic rings. The molecule has 0 atom stereocenters. The summed E-state index contributed by atoms with van der Waals surface area (Å²) in [6.45, 7) is 2.56. The molecule has 6 nitrogen and oxygen atoms in total. The van der Waals surface area contributed by atoms with E-state index in [-0.39, 0.29) is 24.7 Å². The summed E-state index contributed by atoms with van der Waals surface area (Å²) in [6.07, 6.45) is -2.33. The maximum absolute atomic E-state index is 13.2. The van der Waals surface area contributed by atoms with Crippen LogP contribution in [0.5, 0.6) is 0 Å². The minimum atomic E-state index is -4.46. The molecule has 3 rings (SSSR count). The third-order valence-corrected chi connectivity index (χ3v) is 5.07. The van der Waals surface area contributed by atoms with Crippen LogP contribution in [0.3, 0.4) is 0 Å². The molecule has 3 aromatic rings. The molecule has 1 aromatic heterocycles. The first-order chi connectivity index (χ1) is 16.3. The fourth-order valence-corrected chi connectivity index (χ4v) is 3.36. The van der Waals surface area contributed by atoms with Crippen molar-refractivity contribution in [1.29, 1.82) is 0 Å². The summed E-state index contributed by atoms with van der Waals surface area (Å²) in [4.78, 5) is 29.0. The zero-order chi connectivity index (χ0) is 24.6. The van der Waals surface area contributed by atoms with Gasteiger partial charge in [-0.05, 0) is 48.4 Å². The number of nitrogens with one attached hydrogen (secondary N) is 1. The molecule has 0 fully saturated rings.